The zero-order valence-electron chi connectivity index (χ0n) is 15.6. The van der Waals surface area contributed by atoms with Gasteiger partial charge in [-0.2, -0.15) is 13.7 Å². The first-order chi connectivity index (χ1) is 13.4. The summed E-state index contributed by atoms with van der Waals surface area (Å²) in [4.78, 5) is 0.0796. The van der Waals surface area contributed by atoms with E-state index in [1.807, 2.05) is 38.1 Å². The van der Waals surface area contributed by atoms with Crippen molar-refractivity contribution >= 4 is 21.8 Å². The first-order valence-electron chi connectivity index (χ1n) is 8.68. The van der Waals surface area contributed by atoms with E-state index in [9.17, 15) is 13.7 Å². The summed E-state index contributed by atoms with van der Waals surface area (Å²) in [5.74, 6) is 0.169. The molecule has 28 heavy (non-hydrogen) atoms. The normalized spacial score (nSPS) is 11.7. The van der Waals surface area contributed by atoms with Gasteiger partial charge in [0.05, 0.1) is 11.6 Å². The Bertz CT molecular complexity index is 1150. The highest BCUT2D eigenvalue weighted by Crippen LogP contribution is 2.27. The molecule has 3 rings (SSSR count). The lowest BCUT2D eigenvalue weighted by atomic mass is 10.0. The topological polar surface area (TPSA) is 67.2 Å². The fourth-order valence-corrected chi connectivity index (χ4v) is 3.57. The van der Waals surface area contributed by atoms with Crippen molar-refractivity contribution < 1.29 is 12.6 Å². The molecule has 4 nitrogen and oxygen atoms in total. The van der Waals surface area contributed by atoms with Crippen LogP contribution in [0.5, 0.6) is 5.75 Å². The zero-order chi connectivity index (χ0) is 20.1. The van der Waals surface area contributed by atoms with Crippen LogP contribution in [0.15, 0.2) is 77.7 Å². The van der Waals surface area contributed by atoms with Crippen LogP contribution in [-0.4, -0.2) is 8.42 Å². The second-order valence-corrected chi connectivity index (χ2v) is 7.97. The Balaban J connectivity index is 1.98. The van der Waals surface area contributed by atoms with Crippen LogP contribution < -0.4 is 4.18 Å². The van der Waals surface area contributed by atoms with Crippen molar-refractivity contribution in [2.45, 2.75) is 18.7 Å². The van der Waals surface area contributed by atoms with Crippen LogP contribution in [0.2, 0.25) is 0 Å². The first-order valence-corrected chi connectivity index (χ1v) is 10.1. The van der Waals surface area contributed by atoms with E-state index in [0.717, 1.165) is 16.7 Å². The maximum absolute atomic E-state index is 12.6. The molecule has 0 aliphatic rings. The minimum atomic E-state index is -3.98. The van der Waals surface area contributed by atoms with E-state index in [0.29, 0.717) is 11.1 Å². The summed E-state index contributed by atoms with van der Waals surface area (Å²) in [7, 11) is -3.98. The Morgan fingerprint density at radius 2 is 1.46 bits per heavy atom. The molecule has 0 atom stereocenters. The SMILES string of the molecule is Cc1ccc(/C(C#N)=C/c2ccccc2OS(=O)(=O)c2ccc(C)cc2)cc1. The van der Waals surface area contributed by atoms with E-state index in [2.05, 4.69) is 6.07 Å². The van der Waals surface area contributed by atoms with E-state index in [1.54, 1.807) is 42.5 Å². The maximum atomic E-state index is 12.6. The molecule has 0 aliphatic carbocycles. The number of benzene rings is 3. The van der Waals surface area contributed by atoms with Crippen molar-refractivity contribution in [2.24, 2.45) is 0 Å². The lowest BCUT2D eigenvalue weighted by molar-refractivity contribution is 0.485. The molecule has 0 bridgehead atoms. The molecular weight excluding hydrogens is 370 g/mol. The van der Waals surface area contributed by atoms with Crippen molar-refractivity contribution in [3.63, 3.8) is 0 Å². The molecular formula is C23H19NO3S. The highest BCUT2D eigenvalue weighted by atomic mass is 32.2. The van der Waals surface area contributed by atoms with Gasteiger partial charge in [-0.25, -0.2) is 0 Å². The Hall–Kier alpha value is -3.36. The second kappa shape index (κ2) is 8.12. The fourth-order valence-electron chi connectivity index (χ4n) is 2.62. The summed E-state index contributed by atoms with van der Waals surface area (Å²) >= 11 is 0. The van der Waals surface area contributed by atoms with Crippen LogP contribution in [0, 0.1) is 25.2 Å². The van der Waals surface area contributed by atoms with Gasteiger partial charge in [-0.15, -0.1) is 0 Å². The molecule has 0 heterocycles. The Morgan fingerprint density at radius 3 is 2.07 bits per heavy atom. The second-order valence-electron chi connectivity index (χ2n) is 6.42. The quantitative estimate of drug-likeness (QED) is 0.344. The van der Waals surface area contributed by atoms with E-state index < -0.39 is 10.1 Å². The molecule has 140 valence electrons. The van der Waals surface area contributed by atoms with Crippen molar-refractivity contribution in [1.29, 1.82) is 5.26 Å². The predicted octanol–water partition coefficient (Wildman–Crippen LogP) is 5.14. The van der Waals surface area contributed by atoms with Crippen molar-refractivity contribution in [3.8, 4) is 11.8 Å². The van der Waals surface area contributed by atoms with E-state index in [4.69, 9.17) is 4.18 Å². The summed E-state index contributed by atoms with van der Waals surface area (Å²) in [5.41, 5.74) is 3.73. The average molecular weight is 389 g/mol. The number of nitriles is 1. The summed E-state index contributed by atoms with van der Waals surface area (Å²) < 4.78 is 30.6. The molecule has 3 aromatic carbocycles. The van der Waals surface area contributed by atoms with Crippen LogP contribution in [0.1, 0.15) is 22.3 Å². The molecule has 0 N–H and O–H groups in total. The largest absolute Gasteiger partial charge is 0.378 e. The van der Waals surface area contributed by atoms with Gasteiger partial charge in [0.2, 0.25) is 0 Å². The van der Waals surface area contributed by atoms with Gasteiger partial charge in [0.1, 0.15) is 10.6 Å². The Kier molecular flexibility index (Phi) is 5.62. The molecule has 0 saturated carbocycles. The van der Waals surface area contributed by atoms with Gasteiger partial charge < -0.3 is 4.18 Å². The minimum Gasteiger partial charge on any atom is -0.378 e. The minimum absolute atomic E-state index is 0.0796. The van der Waals surface area contributed by atoms with Crippen molar-refractivity contribution in [1.82, 2.24) is 0 Å². The third-order valence-corrected chi connectivity index (χ3v) is 5.46. The van der Waals surface area contributed by atoms with Crippen LogP contribution in [0.4, 0.5) is 0 Å². The molecule has 0 unspecified atom stereocenters. The molecule has 0 spiro atoms. The number of aryl methyl sites for hydroxylation is 2. The lowest BCUT2D eigenvalue weighted by Crippen LogP contribution is -2.10. The van der Waals surface area contributed by atoms with Gasteiger partial charge in [0, 0.05) is 5.56 Å². The Labute approximate surface area is 165 Å². The molecule has 0 radical (unpaired) electrons. The van der Waals surface area contributed by atoms with Crippen LogP contribution in [-0.2, 0) is 10.1 Å². The highest BCUT2D eigenvalue weighted by Gasteiger charge is 2.18. The van der Waals surface area contributed by atoms with E-state index in [-0.39, 0.29) is 10.6 Å². The standard InChI is InChI=1S/C23H19NO3S/c1-17-7-11-19(12-8-17)21(16-24)15-20-5-3-4-6-23(20)27-28(25,26)22-13-9-18(2)10-14-22/h3-15H,1-2H3/b21-15+. The smallest absolute Gasteiger partial charge is 0.339 e. The van der Waals surface area contributed by atoms with Gasteiger partial charge in [0.25, 0.3) is 0 Å². The molecule has 3 aromatic rings. The summed E-state index contributed by atoms with van der Waals surface area (Å²) in [6.45, 7) is 3.85. The predicted molar refractivity (Wildman–Crippen MR) is 110 cm³/mol. The van der Waals surface area contributed by atoms with Gasteiger partial charge in [-0.05, 0) is 43.7 Å². The number of para-hydroxylation sites is 1. The third kappa shape index (κ3) is 4.48. The van der Waals surface area contributed by atoms with Crippen LogP contribution >= 0.6 is 0 Å². The molecule has 0 amide bonds. The lowest BCUT2D eigenvalue weighted by Gasteiger charge is -2.10. The molecule has 0 aromatic heterocycles. The zero-order valence-corrected chi connectivity index (χ0v) is 16.4. The van der Waals surface area contributed by atoms with Gasteiger partial charge in [0.15, 0.2) is 0 Å². The highest BCUT2D eigenvalue weighted by molar-refractivity contribution is 7.87. The van der Waals surface area contributed by atoms with E-state index in [1.165, 1.54) is 12.1 Å². The average Bonchev–Trinajstić information content (AvgIpc) is 2.68. The van der Waals surface area contributed by atoms with Gasteiger partial charge >= 0.3 is 10.1 Å². The number of rotatable bonds is 5. The van der Waals surface area contributed by atoms with Gasteiger partial charge in [-0.1, -0.05) is 65.7 Å². The molecule has 5 heteroatoms. The monoisotopic (exact) mass is 389 g/mol. The Morgan fingerprint density at radius 1 is 0.893 bits per heavy atom. The number of hydrogen-bond donors (Lipinski definition) is 0. The van der Waals surface area contributed by atoms with E-state index >= 15 is 0 Å². The van der Waals surface area contributed by atoms with Crippen LogP contribution in [0.25, 0.3) is 11.6 Å². The molecule has 0 saturated heterocycles. The summed E-state index contributed by atoms with van der Waals surface area (Å²) in [5, 5.41) is 9.56. The van der Waals surface area contributed by atoms with Crippen molar-refractivity contribution in [2.75, 3.05) is 0 Å². The molecule has 0 fully saturated rings. The maximum Gasteiger partial charge on any atom is 0.339 e. The number of allylic oxidation sites excluding steroid dienone is 1. The summed E-state index contributed by atoms with van der Waals surface area (Å²) in [6, 6.07) is 22.9. The first kappa shape index (κ1) is 19.4. The van der Waals surface area contributed by atoms with Crippen molar-refractivity contribution in [3.05, 3.63) is 95.1 Å². The number of hydrogen-bond acceptors (Lipinski definition) is 4. The fraction of sp³-hybridized carbons (Fsp3) is 0.0870. The number of nitrogens with zero attached hydrogens (tertiary/aromatic N) is 1. The third-order valence-electron chi connectivity index (χ3n) is 4.21. The van der Waals surface area contributed by atoms with Crippen LogP contribution in [0.3, 0.4) is 0 Å². The van der Waals surface area contributed by atoms with Gasteiger partial charge in [-0.3, -0.25) is 0 Å². The molecule has 0 aliphatic heterocycles. The summed E-state index contributed by atoms with van der Waals surface area (Å²) in [6.07, 6.45) is 1.63.